The Balaban J connectivity index is 1.84. The Hall–Kier alpha value is -3.28. The van der Waals surface area contributed by atoms with Gasteiger partial charge in [0.2, 0.25) is 0 Å². The first-order valence-electron chi connectivity index (χ1n) is 9.52. The van der Waals surface area contributed by atoms with Gasteiger partial charge in [-0.3, -0.25) is 0 Å². The Labute approximate surface area is 164 Å². The van der Waals surface area contributed by atoms with Crippen LogP contribution >= 0.6 is 0 Å². The third-order valence-corrected chi connectivity index (χ3v) is 5.12. The molecule has 0 bridgehead atoms. The van der Waals surface area contributed by atoms with Gasteiger partial charge >= 0.3 is 5.97 Å². The van der Waals surface area contributed by atoms with Gasteiger partial charge < -0.3 is 15.3 Å². The fraction of sp³-hybridized carbons (Fsp3) is 0.273. The van der Waals surface area contributed by atoms with Crippen LogP contribution in [0.3, 0.4) is 0 Å². The number of carboxylic acid groups (broad SMARTS) is 1. The molecule has 0 atom stereocenters. The minimum Gasteiger partial charge on any atom is -0.478 e. The summed E-state index contributed by atoms with van der Waals surface area (Å²) in [6.45, 7) is 0.906. The largest absolute Gasteiger partial charge is 0.478 e. The Morgan fingerprint density at radius 3 is 2.64 bits per heavy atom. The Morgan fingerprint density at radius 2 is 1.93 bits per heavy atom. The number of nitrogens with one attached hydrogen (secondary N) is 1. The summed E-state index contributed by atoms with van der Waals surface area (Å²) in [4.78, 5) is 13.2. The van der Waals surface area contributed by atoms with E-state index in [-0.39, 0.29) is 5.56 Å². The Bertz CT molecular complexity index is 1010. The number of fused-ring (bicyclic) bond motifs is 1. The number of aromatic carboxylic acids is 1. The van der Waals surface area contributed by atoms with Crippen LogP contribution in [0.4, 0.5) is 11.5 Å². The monoisotopic (exact) mass is 376 g/mol. The molecular weight excluding hydrogens is 352 g/mol. The molecule has 0 saturated carbocycles. The minimum absolute atomic E-state index is 0.272. The molecule has 2 aromatic carbocycles. The summed E-state index contributed by atoms with van der Waals surface area (Å²) >= 11 is 0. The van der Waals surface area contributed by atoms with E-state index >= 15 is 0 Å². The fourth-order valence-electron chi connectivity index (χ4n) is 3.60. The predicted molar refractivity (Wildman–Crippen MR) is 112 cm³/mol. The molecule has 6 heteroatoms. The van der Waals surface area contributed by atoms with Gasteiger partial charge in [0.25, 0.3) is 0 Å². The zero-order chi connectivity index (χ0) is 19.7. The molecule has 0 spiro atoms. The van der Waals surface area contributed by atoms with E-state index in [1.807, 2.05) is 30.9 Å². The van der Waals surface area contributed by atoms with Crippen molar-refractivity contribution in [2.75, 3.05) is 30.9 Å². The zero-order valence-corrected chi connectivity index (χ0v) is 16.1. The molecule has 0 fully saturated rings. The molecule has 3 aromatic rings. The second-order valence-corrected chi connectivity index (χ2v) is 7.27. The van der Waals surface area contributed by atoms with Gasteiger partial charge in [-0.1, -0.05) is 12.1 Å². The third-order valence-electron chi connectivity index (χ3n) is 5.12. The molecule has 0 unspecified atom stereocenters. The van der Waals surface area contributed by atoms with E-state index in [0.29, 0.717) is 0 Å². The highest BCUT2D eigenvalue weighted by atomic mass is 16.4. The maximum atomic E-state index is 11.2. The van der Waals surface area contributed by atoms with Gasteiger partial charge in [0, 0.05) is 37.5 Å². The van der Waals surface area contributed by atoms with Gasteiger partial charge in [0.05, 0.1) is 16.9 Å². The summed E-state index contributed by atoms with van der Waals surface area (Å²) in [6.07, 6.45) is 3.20. The van der Waals surface area contributed by atoms with Crippen molar-refractivity contribution in [3.8, 4) is 16.9 Å². The molecule has 28 heavy (non-hydrogen) atoms. The van der Waals surface area contributed by atoms with Crippen molar-refractivity contribution in [3.05, 3.63) is 59.7 Å². The summed E-state index contributed by atoms with van der Waals surface area (Å²) in [5, 5.41) is 17.6. The third kappa shape index (κ3) is 3.33. The second-order valence-electron chi connectivity index (χ2n) is 7.27. The first kappa shape index (κ1) is 18.1. The summed E-state index contributed by atoms with van der Waals surface area (Å²) in [6, 6.07) is 15.3. The summed E-state index contributed by atoms with van der Waals surface area (Å²) in [5.41, 5.74) is 5.55. The highest BCUT2D eigenvalue weighted by Crippen LogP contribution is 2.35. The van der Waals surface area contributed by atoms with E-state index in [1.165, 1.54) is 5.56 Å². The van der Waals surface area contributed by atoms with E-state index in [2.05, 4.69) is 34.5 Å². The van der Waals surface area contributed by atoms with Gasteiger partial charge in [-0.15, -0.1) is 0 Å². The predicted octanol–water partition coefficient (Wildman–Crippen LogP) is 4.05. The van der Waals surface area contributed by atoms with Crippen LogP contribution in [-0.4, -0.2) is 41.5 Å². The number of hydrogen-bond acceptors (Lipinski definition) is 4. The number of aromatic nitrogens is 2. The molecule has 0 saturated heterocycles. The lowest BCUT2D eigenvalue weighted by atomic mass is 10.0. The van der Waals surface area contributed by atoms with Crippen LogP contribution in [0.25, 0.3) is 16.9 Å². The van der Waals surface area contributed by atoms with Gasteiger partial charge in [0.1, 0.15) is 5.82 Å². The van der Waals surface area contributed by atoms with E-state index in [1.54, 1.807) is 12.1 Å². The van der Waals surface area contributed by atoms with Crippen molar-refractivity contribution in [1.29, 1.82) is 0 Å². The standard InChI is InChI=1S/C22H24N4O2/c1-25(2)18-7-5-6-16(14-18)20-19-8-3-4-13-23-21(19)26(24-20)17-11-9-15(10-12-17)22(27)28/h5-7,9-12,14,23H,3-4,8,13H2,1-2H3,(H,27,28). The number of anilines is 2. The van der Waals surface area contributed by atoms with Crippen molar-refractivity contribution in [2.45, 2.75) is 19.3 Å². The van der Waals surface area contributed by atoms with Crippen molar-refractivity contribution >= 4 is 17.5 Å². The SMILES string of the molecule is CN(C)c1cccc(-c2nn(-c3ccc(C(=O)O)cc3)c3c2CCCCN3)c1. The Kier molecular flexibility index (Phi) is 4.77. The maximum Gasteiger partial charge on any atom is 0.335 e. The van der Waals surface area contributed by atoms with E-state index < -0.39 is 5.97 Å². The van der Waals surface area contributed by atoms with Crippen LogP contribution in [0.2, 0.25) is 0 Å². The molecule has 144 valence electrons. The van der Waals surface area contributed by atoms with Crippen LogP contribution in [0, 0.1) is 0 Å². The molecule has 2 N–H and O–H groups in total. The van der Waals surface area contributed by atoms with Crippen LogP contribution in [0.15, 0.2) is 48.5 Å². The lowest BCUT2D eigenvalue weighted by molar-refractivity contribution is 0.0697. The second kappa shape index (κ2) is 7.38. The first-order chi connectivity index (χ1) is 13.5. The highest BCUT2D eigenvalue weighted by molar-refractivity contribution is 5.87. The molecule has 2 heterocycles. The molecule has 0 aliphatic carbocycles. The van der Waals surface area contributed by atoms with E-state index in [9.17, 15) is 4.79 Å². The molecule has 1 aromatic heterocycles. The minimum atomic E-state index is -0.926. The van der Waals surface area contributed by atoms with Crippen LogP contribution in [0.1, 0.15) is 28.8 Å². The number of rotatable bonds is 4. The lowest BCUT2D eigenvalue weighted by Gasteiger charge is -2.13. The summed E-state index contributed by atoms with van der Waals surface area (Å²) < 4.78 is 1.91. The molecule has 1 aliphatic heterocycles. The van der Waals surface area contributed by atoms with Gasteiger partial charge in [-0.25, -0.2) is 9.48 Å². The van der Waals surface area contributed by atoms with Crippen molar-refractivity contribution in [2.24, 2.45) is 0 Å². The molecule has 6 nitrogen and oxygen atoms in total. The van der Waals surface area contributed by atoms with Crippen LogP contribution in [-0.2, 0) is 6.42 Å². The molecule has 4 rings (SSSR count). The molecule has 1 aliphatic rings. The van der Waals surface area contributed by atoms with Crippen LogP contribution < -0.4 is 10.2 Å². The van der Waals surface area contributed by atoms with Gasteiger partial charge in [0.15, 0.2) is 0 Å². The van der Waals surface area contributed by atoms with Gasteiger partial charge in [-0.05, 0) is 55.7 Å². The summed E-state index contributed by atoms with van der Waals surface area (Å²) in [5.74, 6) is 0.0796. The Morgan fingerprint density at radius 1 is 1.14 bits per heavy atom. The number of carboxylic acids is 1. The number of nitrogens with zero attached hydrogens (tertiary/aromatic N) is 3. The average Bonchev–Trinajstić information content (AvgIpc) is 2.89. The molecular formula is C22H24N4O2. The van der Waals surface area contributed by atoms with Crippen LogP contribution in [0.5, 0.6) is 0 Å². The number of carbonyl (C=O) groups is 1. The summed E-state index contributed by atoms with van der Waals surface area (Å²) in [7, 11) is 4.06. The van der Waals surface area contributed by atoms with Crippen molar-refractivity contribution in [3.63, 3.8) is 0 Å². The topological polar surface area (TPSA) is 70.4 Å². The van der Waals surface area contributed by atoms with E-state index in [0.717, 1.165) is 54.3 Å². The number of hydrogen-bond donors (Lipinski definition) is 2. The maximum absolute atomic E-state index is 11.2. The van der Waals surface area contributed by atoms with E-state index in [4.69, 9.17) is 10.2 Å². The first-order valence-corrected chi connectivity index (χ1v) is 9.52. The lowest BCUT2D eigenvalue weighted by Crippen LogP contribution is -2.08. The number of benzene rings is 2. The average molecular weight is 376 g/mol. The van der Waals surface area contributed by atoms with Gasteiger partial charge in [-0.2, -0.15) is 5.10 Å². The molecule has 0 amide bonds. The smallest absolute Gasteiger partial charge is 0.335 e. The van der Waals surface area contributed by atoms with Crippen molar-refractivity contribution < 1.29 is 9.90 Å². The molecule has 0 radical (unpaired) electrons. The quantitative estimate of drug-likeness (QED) is 0.719. The normalized spacial score (nSPS) is 13.4. The zero-order valence-electron chi connectivity index (χ0n) is 16.1. The fourth-order valence-corrected chi connectivity index (χ4v) is 3.60. The highest BCUT2D eigenvalue weighted by Gasteiger charge is 2.22. The van der Waals surface area contributed by atoms with Crippen molar-refractivity contribution in [1.82, 2.24) is 9.78 Å².